The average Bonchev–Trinajstić information content (AvgIpc) is 3.41. The van der Waals surface area contributed by atoms with Crippen LogP contribution in [0.5, 0.6) is 0 Å². The van der Waals surface area contributed by atoms with Crippen LogP contribution in [0.3, 0.4) is 0 Å². The lowest BCUT2D eigenvalue weighted by molar-refractivity contribution is -0.127. The lowest BCUT2D eigenvalue weighted by atomic mass is 10.0. The van der Waals surface area contributed by atoms with Gasteiger partial charge in [0.2, 0.25) is 0 Å². The number of nitrogens with zero attached hydrogens (tertiary/aromatic N) is 2. The molecule has 1 aliphatic heterocycles. The summed E-state index contributed by atoms with van der Waals surface area (Å²) in [6, 6.07) is 18.8. The molecule has 0 aromatic heterocycles. The minimum Gasteiger partial charge on any atom is -0.272 e. The van der Waals surface area contributed by atoms with E-state index in [-0.39, 0.29) is 11.8 Å². The Morgan fingerprint density at radius 1 is 0.708 bits per heavy atom. The van der Waals surface area contributed by atoms with Crippen LogP contribution in [-0.4, -0.2) is 11.8 Å². The van der Waals surface area contributed by atoms with E-state index in [1.165, 1.54) is 22.9 Å². The molecule has 2 aliphatic rings. The zero-order chi connectivity index (χ0) is 16.5. The van der Waals surface area contributed by atoms with Gasteiger partial charge in [-0.1, -0.05) is 49.2 Å². The molecule has 1 saturated heterocycles. The van der Waals surface area contributed by atoms with Gasteiger partial charge in [0.15, 0.2) is 0 Å². The van der Waals surface area contributed by atoms with Crippen molar-refractivity contribution in [1.82, 2.24) is 0 Å². The first kappa shape index (κ1) is 14.9. The first-order valence-corrected chi connectivity index (χ1v) is 8.53. The Kier molecular flexibility index (Phi) is 3.81. The SMILES string of the molecule is O=C1C(CCC2CC2)C(=O)N(c2ccccc2)N1c1ccccc1. The highest BCUT2D eigenvalue weighted by molar-refractivity contribution is 6.22. The zero-order valence-corrected chi connectivity index (χ0v) is 13.5. The second-order valence-corrected chi connectivity index (χ2v) is 6.54. The molecule has 2 aromatic carbocycles. The predicted octanol–water partition coefficient (Wildman–Crippen LogP) is 3.79. The predicted molar refractivity (Wildman–Crippen MR) is 93.3 cm³/mol. The molecule has 1 heterocycles. The molecule has 0 bridgehead atoms. The number of rotatable bonds is 5. The van der Waals surface area contributed by atoms with Crippen molar-refractivity contribution in [3.8, 4) is 0 Å². The smallest absolute Gasteiger partial charge is 0.258 e. The normalized spacial score (nSPS) is 18.5. The summed E-state index contributed by atoms with van der Waals surface area (Å²) in [4.78, 5) is 26.0. The molecular weight excluding hydrogens is 300 g/mol. The summed E-state index contributed by atoms with van der Waals surface area (Å²) >= 11 is 0. The number of amides is 2. The molecule has 4 nitrogen and oxygen atoms in total. The topological polar surface area (TPSA) is 40.6 Å². The highest BCUT2D eigenvalue weighted by Crippen LogP contribution is 2.38. The maximum absolute atomic E-state index is 13.0. The minimum atomic E-state index is -0.564. The number of hydrogen-bond donors (Lipinski definition) is 0. The molecule has 4 heteroatoms. The van der Waals surface area contributed by atoms with Gasteiger partial charge >= 0.3 is 0 Å². The third-order valence-electron chi connectivity index (χ3n) is 4.78. The van der Waals surface area contributed by atoms with Crippen molar-refractivity contribution in [2.75, 3.05) is 10.0 Å². The van der Waals surface area contributed by atoms with Gasteiger partial charge in [0.1, 0.15) is 5.92 Å². The minimum absolute atomic E-state index is 0.115. The van der Waals surface area contributed by atoms with Crippen molar-refractivity contribution in [2.45, 2.75) is 25.7 Å². The fourth-order valence-electron chi connectivity index (χ4n) is 3.28. The number of carbonyl (C=O) groups is 2. The summed E-state index contributed by atoms with van der Waals surface area (Å²) in [5, 5.41) is 3.07. The van der Waals surface area contributed by atoms with Crippen molar-refractivity contribution in [2.24, 2.45) is 11.8 Å². The number of carbonyl (C=O) groups excluding carboxylic acids is 2. The van der Waals surface area contributed by atoms with E-state index in [4.69, 9.17) is 0 Å². The van der Waals surface area contributed by atoms with Crippen molar-refractivity contribution < 1.29 is 9.59 Å². The number of anilines is 2. The van der Waals surface area contributed by atoms with E-state index in [1.807, 2.05) is 60.7 Å². The van der Waals surface area contributed by atoms with Crippen molar-refractivity contribution >= 4 is 23.2 Å². The van der Waals surface area contributed by atoms with Crippen LogP contribution in [0.2, 0.25) is 0 Å². The van der Waals surface area contributed by atoms with Gasteiger partial charge in [-0.15, -0.1) is 0 Å². The summed E-state index contributed by atoms with van der Waals surface area (Å²) in [5.41, 5.74) is 1.46. The first-order chi connectivity index (χ1) is 11.8. The van der Waals surface area contributed by atoms with Crippen molar-refractivity contribution in [1.29, 1.82) is 0 Å². The van der Waals surface area contributed by atoms with Gasteiger partial charge in [0.05, 0.1) is 11.4 Å². The average molecular weight is 320 g/mol. The van der Waals surface area contributed by atoms with Gasteiger partial charge in [0.25, 0.3) is 11.8 Å². The van der Waals surface area contributed by atoms with Crippen LogP contribution in [-0.2, 0) is 9.59 Å². The van der Waals surface area contributed by atoms with Gasteiger partial charge in [-0.25, -0.2) is 10.0 Å². The van der Waals surface area contributed by atoms with Crippen LogP contribution in [0, 0.1) is 11.8 Å². The van der Waals surface area contributed by atoms with Crippen LogP contribution in [0.15, 0.2) is 60.7 Å². The lowest BCUT2D eigenvalue weighted by Crippen LogP contribution is -2.41. The lowest BCUT2D eigenvalue weighted by Gasteiger charge is -2.27. The van der Waals surface area contributed by atoms with E-state index in [1.54, 1.807) is 0 Å². The Hall–Kier alpha value is -2.62. The number of para-hydroxylation sites is 2. The van der Waals surface area contributed by atoms with Gasteiger partial charge < -0.3 is 0 Å². The summed E-state index contributed by atoms with van der Waals surface area (Å²) in [5.74, 6) is -0.0843. The van der Waals surface area contributed by atoms with E-state index in [0.717, 1.165) is 17.8 Å². The molecule has 2 aromatic rings. The highest BCUT2D eigenvalue weighted by atomic mass is 16.2. The molecule has 1 aliphatic carbocycles. The number of hydrazine groups is 1. The Bertz CT molecular complexity index is 683. The van der Waals surface area contributed by atoms with Gasteiger partial charge in [-0.3, -0.25) is 9.59 Å². The quantitative estimate of drug-likeness (QED) is 0.787. The molecule has 0 radical (unpaired) electrons. The second-order valence-electron chi connectivity index (χ2n) is 6.54. The fraction of sp³-hybridized carbons (Fsp3) is 0.300. The highest BCUT2D eigenvalue weighted by Gasteiger charge is 2.47. The van der Waals surface area contributed by atoms with Crippen molar-refractivity contribution in [3.63, 3.8) is 0 Å². The standard InChI is InChI=1S/C20H20N2O2/c23-19-18(14-13-15-11-12-15)20(24)22(17-9-5-2-6-10-17)21(19)16-7-3-1-4-8-16/h1-10,15,18H,11-14H2. The maximum atomic E-state index is 13.0. The molecule has 1 saturated carbocycles. The van der Waals surface area contributed by atoms with Gasteiger partial charge in [-0.2, -0.15) is 0 Å². The van der Waals surface area contributed by atoms with Crippen molar-refractivity contribution in [3.05, 3.63) is 60.7 Å². The van der Waals surface area contributed by atoms with E-state index in [2.05, 4.69) is 0 Å². The van der Waals surface area contributed by atoms with E-state index < -0.39 is 5.92 Å². The summed E-state index contributed by atoms with van der Waals surface area (Å²) in [6.07, 6.45) is 4.09. The Morgan fingerprint density at radius 3 is 1.58 bits per heavy atom. The Balaban J connectivity index is 1.69. The number of hydrogen-bond acceptors (Lipinski definition) is 2. The van der Waals surface area contributed by atoms with Crippen LogP contribution in [0.1, 0.15) is 25.7 Å². The second kappa shape index (κ2) is 6.11. The summed E-state index contributed by atoms with van der Waals surface area (Å²) in [6.45, 7) is 0. The Morgan fingerprint density at radius 2 is 1.17 bits per heavy atom. The summed E-state index contributed by atoms with van der Waals surface area (Å²) < 4.78 is 0. The molecule has 24 heavy (non-hydrogen) atoms. The molecule has 0 spiro atoms. The monoisotopic (exact) mass is 320 g/mol. The first-order valence-electron chi connectivity index (χ1n) is 8.53. The fourth-order valence-corrected chi connectivity index (χ4v) is 3.28. The largest absolute Gasteiger partial charge is 0.272 e. The third-order valence-corrected chi connectivity index (χ3v) is 4.78. The van der Waals surface area contributed by atoms with Crippen LogP contribution in [0.4, 0.5) is 11.4 Å². The third kappa shape index (κ3) is 2.68. The molecule has 122 valence electrons. The maximum Gasteiger partial charge on any atom is 0.258 e. The van der Waals surface area contributed by atoms with Crippen LogP contribution >= 0.6 is 0 Å². The van der Waals surface area contributed by atoms with E-state index in [9.17, 15) is 9.59 Å². The molecule has 0 atom stereocenters. The zero-order valence-electron chi connectivity index (χ0n) is 13.5. The summed E-state index contributed by atoms with van der Waals surface area (Å²) in [7, 11) is 0. The molecule has 2 amide bonds. The molecule has 2 fully saturated rings. The van der Waals surface area contributed by atoms with Gasteiger partial charge in [0, 0.05) is 0 Å². The van der Waals surface area contributed by atoms with Crippen LogP contribution in [0.25, 0.3) is 0 Å². The van der Waals surface area contributed by atoms with Gasteiger partial charge in [-0.05, 0) is 43.0 Å². The van der Waals surface area contributed by atoms with E-state index >= 15 is 0 Å². The molecule has 0 N–H and O–H groups in total. The Labute approximate surface area is 141 Å². The molecule has 0 unspecified atom stereocenters. The molecule has 4 rings (SSSR count). The molecular formula is C20H20N2O2. The van der Waals surface area contributed by atoms with Crippen LogP contribution < -0.4 is 10.0 Å². The van der Waals surface area contributed by atoms with E-state index in [0.29, 0.717) is 12.3 Å². The number of benzene rings is 2.